The average Bonchev–Trinajstić information content (AvgIpc) is 2.40. The molecule has 0 aliphatic heterocycles. The molecule has 0 saturated heterocycles. The van der Waals surface area contributed by atoms with Crippen LogP contribution in [0.1, 0.15) is 17.2 Å². The number of aliphatic hydroxyl groups is 1. The number of hydrogen-bond acceptors (Lipinski definition) is 3. The Morgan fingerprint density at radius 3 is 2.72 bits per heavy atom. The van der Waals surface area contributed by atoms with Crippen LogP contribution >= 0.6 is 11.6 Å². The molecule has 3 nitrogen and oxygen atoms in total. The van der Waals surface area contributed by atoms with E-state index in [1.54, 1.807) is 24.5 Å². The maximum Gasteiger partial charge on any atom is 0.0915 e. The summed E-state index contributed by atoms with van der Waals surface area (Å²) in [7, 11) is 0. The summed E-state index contributed by atoms with van der Waals surface area (Å²) >= 11 is 5.88. The summed E-state index contributed by atoms with van der Waals surface area (Å²) in [5.74, 6) is 0. The molecule has 2 rings (SSSR count). The molecule has 2 N–H and O–H groups in total. The van der Waals surface area contributed by atoms with Crippen molar-refractivity contribution < 1.29 is 5.11 Å². The topological polar surface area (TPSA) is 45.1 Å². The number of pyridine rings is 1. The molecule has 1 heterocycles. The highest BCUT2D eigenvalue weighted by Crippen LogP contribution is 2.17. The molecule has 1 atom stereocenters. The highest BCUT2D eigenvalue weighted by Gasteiger charge is 2.07. The number of hydrogen-bond donors (Lipinski definition) is 2. The van der Waals surface area contributed by atoms with Crippen LogP contribution in [0.3, 0.4) is 0 Å². The molecule has 0 aliphatic rings. The van der Waals surface area contributed by atoms with Crippen LogP contribution in [-0.2, 0) is 6.54 Å². The Morgan fingerprint density at radius 2 is 2.00 bits per heavy atom. The van der Waals surface area contributed by atoms with Gasteiger partial charge in [0.05, 0.1) is 6.10 Å². The molecular formula is C14H15ClN2O. The maximum atomic E-state index is 9.99. The van der Waals surface area contributed by atoms with Crippen LogP contribution < -0.4 is 5.32 Å². The monoisotopic (exact) mass is 262 g/mol. The van der Waals surface area contributed by atoms with Crippen molar-refractivity contribution in [3.8, 4) is 0 Å². The van der Waals surface area contributed by atoms with Gasteiger partial charge in [-0.1, -0.05) is 23.7 Å². The minimum absolute atomic E-state index is 0.489. The molecule has 1 aromatic heterocycles. The number of rotatable bonds is 5. The highest BCUT2D eigenvalue weighted by atomic mass is 35.5. The lowest BCUT2D eigenvalue weighted by Crippen LogP contribution is -2.21. The normalized spacial score (nSPS) is 12.3. The summed E-state index contributed by atoms with van der Waals surface area (Å²) in [4.78, 5) is 3.95. The van der Waals surface area contributed by atoms with E-state index < -0.39 is 6.10 Å². The van der Waals surface area contributed by atoms with Crippen LogP contribution in [0.15, 0.2) is 48.8 Å². The fraction of sp³-hybridized carbons (Fsp3) is 0.214. The third-order valence-electron chi connectivity index (χ3n) is 2.65. The standard InChI is InChI=1S/C14H15ClN2O/c15-13-3-1-2-12(8-13)14(18)10-17-9-11-4-6-16-7-5-11/h1-8,14,17-18H,9-10H2. The van der Waals surface area contributed by atoms with Gasteiger partial charge < -0.3 is 10.4 Å². The van der Waals surface area contributed by atoms with E-state index in [1.165, 1.54) is 0 Å². The molecule has 18 heavy (non-hydrogen) atoms. The van der Waals surface area contributed by atoms with Gasteiger partial charge in [0.1, 0.15) is 0 Å². The van der Waals surface area contributed by atoms with Crippen molar-refractivity contribution in [1.82, 2.24) is 10.3 Å². The van der Waals surface area contributed by atoms with Gasteiger partial charge in [-0.25, -0.2) is 0 Å². The summed E-state index contributed by atoms with van der Waals surface area (Å²) in [6, 6.07) is 11.2. The first-order valence-corrected chi connectivity index (χ1v) is 6.16. The van der Waals surface area contributed by atoms with E-state index in [-0.39, 0.29) is 0 Å². The molecule has 0 fully saturated rings. The van der Waals surface area contributed by atoms with Crippen molar-refractivity contribution in [2.24, 2.45) is 0 Å². The summed E-state index contributed by atoms with van der Waals surface area (Å²) in [5.41, 5.74) is 1.97. The van der Waals surface area contributed by atoms with Crippen LogP contribution in [0.2, 0.25) is 5.02 Å². The van der Waals surface area contributed by atoms with E-state index in [0.29, 0.717) is 18.1 Å². The fourth-order valence-electron chi connectivity index (χ4n) is 1.69. The van der Waals surface area contributed by atoms with Gasteiger partial charge in [0.25, 0.3) is 0 Å². The smallest absolute Gasteiger partial charge is 0.0915 e. The number of nitrogens with zero attached hydrogens (tertiary/aromatic N) is 1. The third-order valence-corrected chi connectivity index (χ3v) is 2.88. The minimum Gasteiger partial charge on any atom is -0.387 e. The zero-order valence-corrected chi connectivity index (χ0v) is 10.6. The van der Waals surface area contributed by atoms with Crippen LogP contribution in [-0.4, -0.2) is 16.6 Å². The summed E-state index contributed by atoms with van der Waals surface area (Å²) in [6.07, 6.45) is 2.96. The van der Waals surface area contributed by atoms with Crippen LogP contribution in [0.5, 0.6) is 0 Å². The molecule has 1 unspecified atom stereocenters. The van der Waals surface area contributed by atoms with Crippen molar-refractivity contribution in [3.63, 3.8) is 0 Å². The summed E-state index contributed by atoms with van der Waals surface area (Å²) in [6.45, 7) is 1.20. The first kappa shape index (κ1) is 13.0. The van der Waals surface area contributed by atoms with Crippen LogP contribution in [0, 0.1) is 0 Å². The van der Waals surface area contributed by atoms with Gasteiger partial charge in [0, 0.05) is 30.5 Å². The second-order valence-electron chi connectivity index (χ2n) is 4.06. The first-order valence-electron chi connectivity index (χ1n) is 5.79. The molecule has 0 saturated carbocycles. The predicted octanol–water partition coefficient (Wildman–Crippen LogP) is 2.56. The van der Waals surface area contributed by atoms with Crippen LogP contribution in [0.4, 0.5) is 0 Å². The lowest BCUT2D eigenvalue weighted by Gasteiger charge is -2.12. The average molecular weight is 263 g/mol. The molecule has 94 valence electrons. The minimum atomic E-state index is -0.550. The molecule has 0 spiro atoms. The van der Waals surface area contributed by atoms with Crippen molar-refractivity contribution in [3.05, 3.63) is 64.9 Å². The number of aromatic nitrogens is 1. The van der Waals surface area contributed by atoms with Crippen molar-refractivity contribution in [2.45, 2.75) is 12.6 Å². The second kappa shape index (κ2) is 6.50. The maximum absolute atomic E-state index is 9.99. The fourth-order valence-corrected chi connectivity index (χ4v) is 1.88. The lowest BCUT2D eigenvalue weighted by atomic mass is 10.1. The van der Waals surface area contributed by atoms with Crippen molar-refractivity contribution >= 4 is 11.6 Å². The predicted molar refractivity (Wildman–Crippen MR) is 72.4 cm³/mol. The SMILES string of the molecule is OC(CNCc1ccncc1)c1cccc(Cl)c1. The highest BCUT2D eigenvalue weighted by molar-refractivity contribution is 6.30. The molecule has 4 heteroatoms. The van der Waals surface area contributed by atoms with Crippen molar-refractivity contribution in [1.29, 1.82) is 0 Å². The van der Waals surface area contributed by atoms with Gasteiger partial charge in [-0.2, -0.15) is 0 Å². The number of aliphatic hydroxyl groups excluding tert-OH is 1. The van der Waals surface area contributed by atoms with E-state index in [4.69, 9.17) is 11.6 Å². The van der Waals surface area contributed by atoms with Gasteiger partial charge in [-0.05, 0) is 35.4 Å². The van der Waals surface area contributed by atoms with E-state index in [1.807, 2.05) is 24.3 Å². The van der Waals surface area contributed by atoms with Gasteiger partial charge in [-0.15, -0.1) is 0 Å². The molecule has 0 aliphatic carbocycles. The van der Waals surface area contributed by atoms with Gasteiger partial charge in [0.15, 0.2) is 0 Å². The zero-order valence-electron chi connectivity index (χ0n) is 9.88. The number of nitrogens with one attached hydrogen (secondary N) is 1. The molecule has 0 bridgehead atoms. The van der Waals surface area contributed by atoms with Crippen molar-refractivity contribution in [2.75, 3.05) is 6.54 Å². The van der Waals surface area contributed by atoms with Gasteiger partial charge in [0.2, 0.25) is 0 Å². The second-order valence-corrected chi connectivity index (χ2v) is 4.49. The summed E-state index contributed by atoms with van der Waals surface area (Å²) < 4.78 is 0. The van der Waals surface area contributed by atoms with E-state index in [9.17, 15) is 5.11 Å². The molecule has 2 aromatic rings. The summed E-state index contributed by atoms with van der Waals surface area (Å²) in [5, 5.41) is 13.8. The number of halogens is 1. The van der Waals surface area contributed by atoms with E-state index in [2.05, 4.69) is 10.3 Å². The van der Waals surface area contributed by atoms with E-state index >= 15 is 0 Å². The third kappa shape index (κ3) is 3.81. The van der Waals surface area contributed by atoms with E-state index in [0.717, 1.165) is 11.1 Å². The Balaban J connectivity index is 1.83. The largest absolute Gasteiger partial charge is 0.387 e. The Labute approximate surface area is 111 Å². The molecule has 1 aromatic carbocycles. The Hall–Kier alpha value is -1.42. The quantitative estimate of drug-likeness (QED) is 0.871. The van der Waals surface area contributed by atoms with Gasteiger partial charge in [-0.3, -0.25) is 4.98 Å². The molecule has 0 radical (unpaired) electrons. The lowest BCUT2D eigenvalue weighted by molar-refractivity contribution is 0.174. The Kier molecular flexibility index (Phi) is 4.70. The number of benzene rings is 1. The molecular weight excluding hydrogens is 248 g/mol. The zero-order chi connectivity index (χ0) is 12.8. The Morgan fingerprint density at radius 1 is 1.22 bits per heavy atom. The molecule has 0 amide bonds. The first-order chi connectivity index (χ1) is 8.75. The Bertz CT molecular complexity index is 490. The van der Waals surface area contributed by atoms with Crippen LogP contribution in [0.25, 0.3) is 0 Å². The van der Waals surface area contributed by atoms with Gasteiger partial charge >= 0.3 is 0 Å².